The molecule has 110 valence electrons. The lowest BCUT2D eigenvalue weighted by Crippen LogP contribution is -2.27. The number of benzene rings is 1. The number of hydrogen-bond donors (Lipinski definition) is 2. The second-order valence-electron chi connectivity index (χ2n) is 4.21. The maximum Gasteiger partial charge on any atom is 0.292 e. The van der Waals surface area contributed by atoms with Gasteiger partial charge in [-0.25, -0.2) is 5.43 Å². The fourth-order valence-corrected chi connectivity index (χ4v) is 2.19. The van der Waals surface area contributed by atoms with Gasteiger partial charge in [0.15, 0.2) is 5.69 Å². The largest absolute Gasteiger partial charge is 0.436 e. The highest BCUT2D eigenvalue weighted by molar-refractivity contribution is 7.03. The van der Waals surface area contributed by atoms with Gasteiger partial charge in [0, 0.05) is 10.8 Å². The number of nitrogens with one attached hydrogen (secondary N) is 1. The summed E-state index contributed by atoms with van der Waals surface area (Å²) in [4.78, 5) is 23.3. The molecule has 3 aromatic rings. The highest BCUT2D eigenvalue weighted by Gasteiger charge is 2.11. The second-order valence-corrected chi connectivity index (χ2v) is 4.82. The molecular weight excluding hydrogens is 306 g/mol. The molecule has 0 unspecified atom stereocenters. The van der Waals surface area contributed by atoms with Crippen LogP contribution in [0.1, 0.15) is 20.8 Å². The molecule has 1 aromatic carbocycles. The van der Waals surface area contributed by atoms with Crippen molar-refractivity contribution in [1.29, 1.82) is 0 Å². The number of hydrogen-bond acceptors (Lipinski definition) is 7. The molecule has 0 aliphatic rings. The Hall–Kier alpha value is -3.07. The van der Waals surface area contributed by atoms with Crippen LogP contribution in [0.4, 0.5) is 0 Å². The van der Waals surface area contributed by atoms with Crippen LogP contribution in [0.25, 0.3) is 11.0 Å². The van der Waals surface area contributed by atoms with Gasteiger partial charge in [-0.2, -0.15) is 0 Å². The van der Waals surface area contributed by atoms with Gasteiger partial charge in [-0.1, -0.05) is 22.7 Å². The summed E-state index contributed by atoms with van der Waals surface area (Å²) in [5.74, 6) is -1.27. The minimum absolute atomic E-state index is 0.0652. The number of primary amides is 1. The first-order valence-corrected chi connectivity index (χ1v) is 6.92. The molecule has 0 spiro atoms. The molecule has 3 N–H and O–H groups in total. The smallest absolute Gasteiger partial charge is 0.292 e. The van der Waals surface area contributed by atoms with Crippen molar-refractivity contribution in [2.75, 3.05) is 0 Å². The lowest BCUT2D eigenvalue weighted by atomic mass is 10.2. The monoisotopic (exact) mass is 315 g/mol. The van der Waals surface area contributed by atoms with Gasteiger partial charge in [0.1, 0.15) is 11.1 Å². The fourth-order valence-electron chi connectivity index (χ4n) is 1.75. The number of para-hydroxylation sites is 1. The number of aromatic nitrogens is 2. The topological polar surface area (TPSA) is 123 Å². The molecule has 0 aliphatic carbocycles. The summed E-state index contributed by atoms with van der Waals surface area (Å²) < 4.78 is 9.08. The first-order valence-electron chi connectivity index (χ1n) is 6.09. The zero-order valence-corrected chi connectivity index (χ0v) is 11.8. The van der Waals surface area contributed by atoms with E-state index in [1.54, 1.807) is 30.3 Å². The first-order chi connectivity index (χ1) is 10.6. The number of carbonyl (C=O) groups is 2. The van der Waals surface area contributed by atoms with E-state index < -0.39 is 11.8 Å². The lowest BCUT2D eigenvalue weighted by Gasteiger charge is -2.01. The number of nitrogens with zero attached hydrogens (tertiary/aromatic N) is 3. The number of amides is 2. The summed E-state index contributed by atoms with van der Waals surface area (Å²) >= 11 is 1.04. The Morgan fingerprint density at radius 1 is 1.32 bits per heavy atom. The number of carbonyl (C=O) groups excluding carboxylic acids is 2. The van der Waals surface area contributed by atoms with Crippen LogP contribution in [0.2, 0.25) is 0 Å². The minimum Gasteiger partial charge on any atom is -0.436 e. The molecule has 3 rings (SSSR count). The summed E-state index contributed by atoms with van der Waals surface area (Å²) in [5.41, 5.74) is 8.18. The molecule has 0 atom stereocenters. The van der Waals surface area contributed by atoms with Crippen molar-refractivity contribution >= 4 is 34.3 Å². The van der Waals surface area contributed by atoms with Gasteiger partial charge in [-0.15, -0.1) is 10.2 Å². The maximum atomic E-state index is 11.8. The molecule has 8 nitrogen and oxygen atoms in total. The van der Waals surface area contributed by atoms with Crippen molar-refractivity contribution in [3.05, 3.63) is 52.5 Å². The zero-order chi connectivity index (χ0) is 15.5. The maximum absolute atomic E-state index is 11.8. The molecule has 0 saturated carbocycles. The van der Waals surface area contributed by atoms with E-state index in [0.29, 0.717) is 11.0 Å². The standard InChI is InChI=1S/C13H9N5O3S/c14-11(19)8-5-7-3-1-2-4-10(7)21-13(8)17-16-12(20)9-6-22-18-15-9/h1-6H,(H2,14,19)(H,16,20)/b17-13-. The Bertz CT molecular complexity index is 917. The molecule has 0 radical (unpaired) electrons. The van der Waals surface area contributed by atoms with Crippen molar-refractivity contribution in [2.24, 2.45) is 10.8 Å². The van der Waals surface area contributed by atoms with Gasteiger partial charge < -0.3 is 10.2 Å². The van der Waals surface area contributed by atoms with Crippen molar-refractivity contribution in [3.8, 4) is 0 Å². The highest BCUT2D eigenvalue weighted by Crippen LogP contribution is 2.12. The first kappa shape index (κ1) is 13.9. The molecule has 2 amide bonds. The van der Waals surface area contributed by atoms with Crippen LogP contribution in [0, 0.1) is 0 Å². The average molecular weight is 315 g/mol. The SMILES string of the molecule is NC(=O)c1cc2ccccc2o/c1=N\NC(=O)c1csnn1. The molecule has 2 heterocycles. The zero-order valence-electron chi connectivity index (χ0n) is 11.0. The molecule has 0 saturated heterocycles. The van der Waals surface area contributed by atoms with Gasteiger partial charge in [-0.3, -0.25) is 9.59 Å². The van der Waals surface area contributed by atoms with Gasteiger partial charge in [0.05, 0.1) is 0 Å². The number of rotatable bonds is 3. The number of nitrogens with two attached hydrogens (primary N) is 1. The third-order valence-electron chi connectivity index (χ3n) is 2.77. The van der Waals surface area contributed by atoms with Gasteiger partial charge in [0.2, 0.25) is 5.55 Å². The summed E-state index contributed by atoms with van der Waals surface area (Å²) in [5, 5.41) is 9.58. The van der Waals surface area contributed by atoms with E-state index in [1.807, 2.05) is 0 Å². The van der Waals surface area contributed by atoms with Gasteiger partial charge in [-0.05, 0) is 23.7 Å². The minimum atomic E-state index is -0.710. The Morgan fingerprint density at radius 2 is 2.14 bits per heavy atom. The van der Waals surface area contributed by atoms with Gasteiger partial charge in [0.25, 0.3) is 11.8 Å². The van der Waals surface area contributed by atoms with E-state index in [1.165, 1.54) is 5.38 Å². The molecule has 9 heteroatoms. The molecule has 0 bridgehead atoms. The average Bonchev–Trinajstić information content (AvgIpc) is 3.06. The Balaban J connectivity index is 2.04. The lowest BCUT2D eigenvalue weighted by molar-refractivity contribution is 0.0941. The van der Waals surface area contributed by atoms with Crippen LogP contribution in [0.3, 0.4) is 0 Å². The Kier molecular flexibility index (Phi) is 3.62. The fraction of sp³-hybridized carbons (Fsp3) is 0. The third-order valence-corrected chi connectivity index (χ3v) is 3.28. The van der Waals surface area contributed by atoms with Crippen molar-refractivity contribution in [2.45, 2.75) is 0 Å². The molecule has 2 aromatic heterocycles. The quantitative estimate of drug-likeness (QED) is 0.686. The summed E-state index contributed by atoms with van der Waals surface area (Å²) in [6, 6.07) is 8.62. The van der Waals surface area contributed by atoms with E-state index in [2.05, 4.69) is 20.1 Å². The van der Waals surface area contributed by atoms with E-state index in [4.69, 9.17) is 10.2 Å². The van der Waals surface area contributed by atoms with E-state index in [9.17, 15) is 9.59 Å². The van der Waals surface area contributed by atoms with E-state index in [-0.39, 0.29) is 16.8 Å². The Morgan fingerprint density at radius 3 is 2.86 bits per heavy atom. The molecule has 22 heavy (non-hydrogen) atoms. The molecular formula is C13H9N5O3S. The van der Waals surface area contributed by atoms with Gasteiger partial charge >= 0.3 is 0 Å². The van der Waals surface area contributed by atoms with Crippen molar-refractivity contribution in [3.63, 3.8) is 0 Å². The second kappa shape index (κ2) is 5.74. The van der Waals surface area contributed by atoms with Crippen LogP contribution < -0.4 is 16.7 Å². The summed E-state index contributed by atoms with van der Waals surface area (Å²) in [6.45, 7) is 0. The van der Waals surface area contributed by atoms with Crippen LogP contribution in [-0.2, 0) is 0 Å². The predicted octanol–water partition coefficient (Wildman–Crippen LogP) is 0.629. The highest BCUT2D eigenvalue weighted by atomic mass is 32.1. The molecule has 0 fully saturated rings. The Labute approximate surface area is 127 Å². The van der Waals surface area contributed by atoms with E-state index in [0.717, 1.165) is 11.5 Å². The normalized spacial score (nSPS) is 11.5. The van der Waals surface area contributed by atoms with Crippen LogP contribution in [0.5, 0.6) is 0 Å². The number of fused-ring (bicyclic) bond motifs is 1. The van der Waals surface area contributed by atoms with E-state index >= 15 is 0 Å². The van der Waals surface area contributed by atoms with Crippen LogP contribution >= 0.6 is 11.5 Å². The summed E-state index contributed by atoms with van der Waals surface area (Å²) in [7, 11) is 0. The van der Waals surface area contributed by atoms with Crippen molar-refractivity contribution < 1.29 is 14.0 Å². The molecule has 0 aliphatic heterocycles. The van der Waals surface area contributed by atoms with Crippen LogP contribution in [-0.4, -0.2) is 21.4 Å². The predicted molar refractivity (Wildman–Crippen MR) is 77.7 cm³/mol. The summed E-state index contributed by atoms with van der Waals surface area (Å²) in [6.07, 6.45) is 0. The van der Waals surface area contributed by atoms with Crippen molar-refractivity contribution in [1.82, 2.24) is 15.0 Å². The third kappa shape index (κ3) is 2.69. The van der Waals surface area contributed by atoms with Crippen LogP contribution in [0.15, 0.2) is 45.2 Å².